The van der Waals surface area contributed by atoms with Crippen LogP contribution in [0.15, 0.2) is 17.6 Å². The third kappa shape index (κ3) is 4.79. The molecule has 1 saturated heterocycles. The van der Waals surface area contributed by atoms with Crippen molar-refractivity contribution in [3.63, 3.8) is 0 Å². The monoisotopic (exact) mass is 225 g/mol. The number of hydrazine groups is 1. The first-order valence-corrected chi connectivity index (χ1v) is 5.44. The number of aliphatic imine (C=N–C) groups is 1. The van der Waals surface area contributed by atoms with Gasteiger partial charge in [0, 0.05) is 6.04 Å². The number of amides is 1. The van der Waals surface area contributed by atoms with Crippen LogP contribution in [0.3, 0.4) is 0 Å². The molecule has 0 aliphatic carbocycles. The smallest absolute Gasteiger partial charge is 0.225 e. The summed E-state index contributed by atoms with van der Waals surface area (Å²) in [5.74, 6) is 0.582. The summed E-state index contributed by atoms with van der Waals surface area (Å²) in [4.78, 5) is 14.4. The van der Waals surface area contributed by atoms with E-state index in [0.717, 1.165) is 25.9 Å². The second kappa shape index (κ2) is 7.70. The van der Waals surface area contributed by atoms with Crippen molar-refractivity contribution in [2.24, 2.45) is 4.99 Å². The predicted octanol–water partition coefficient (Wildman–Crippen LogP) is -0.879. The van der Waals surface area contributed by atoms with Gasteiger partial charge in [-0.25, -0.2) is 4.99 Å². The van der Waals surface area contributed by atoms with E-state index in [1.54, 1.807) is 6.08 Å². The molecule has 4 N–H and O–H groups in total. The molecule has 1 heterocycles. The lowest BCUT2D eigenvalue weighted by Crippen LogP contribution is -2.51. The Kier molecular flexibility index (Phi) is 6.02. The number of nitrogens with zero attached hydrogens (tertiary/aromatic N) is 1. The summed E-state index contributed by atoms with van der Waals surface area (Å²) in [6.07, 6.45) is 4.38. The first-order chi connectivity index (χ1) is 7.86. The van der Waals surface area contributed by atoms with Crippen LogP contribution in [0.1, 0.15) is 12.8 Å². The van der Waals surface area contributed by atoms with Crippen molar-refractivity contribution in [1.82, 2.24) is 21.5 Å². The molecular weight excluding hydrogens is 206 g/mol. The largest absolute Gasteiger partial charge is 0.352 e. The zero-order valence-corrected chi connectivity index (χ0v) is 9.33. The lowest BCUT2D eigenvalue weighted by molar-refractivity contribution is -0.110. The van der Waals surface area contributed by atoms with E-state index in [9.17, 15) is 4.79 Å². The Bertz CT molecular complexity index is 248. The van der Waals surface area contributed by atoms with E-state index < -0.39 is 0 Å². The molecule has 1 aliphatic rings. The third-order valence-electron chi connectivity index (χ3n) is 2.31. The number of carbonyl (C=O) groups excluding carboxylic acids is 1. The van der Waals surface area contributed by atoms with E-state index >= 15 is 0 Å². The van der Waals surface area contributed by atoms with Crippen molar-refractivity contribution in [1.29, 1.82) is 0 Å². The quantitative estimate of drug-likeness (QED) is 0.161. The molecule has 0 aromatic carbocycles. The highest BCUT2D eigenvalue weighted by Crippen LogP contribution is 2.01. The molecule has 90 valence electrons. The van der Waals surface area contributed by atoms with Gasteiger partial charge in [0.05, 0.1) is 6.54 Å². The van der Waals surface area contributed by atoms with Crippen LogP contribution in [-0.2, 0) is 4.79 Å². The van der Waals surface area contributed by atoms with Gasteiger partial charge in [0.15, 0.2) is 0 Å². The summed E-state index contributed by atoms with van der Waals surface area (Å²) < 4.78 is 0. The van der Waals surface area contributed by atoms with Crippen LogP contribution in [0.2, 0.25) is 0 Å². The van der Waals surface area contributed by atoms with Gasteiger partial charge in [-0.15, -0.1) is 6.58 Å². The minimum Gasteiger partial charge on any atom is -0.352 e. The first kappa shape index (κ1) is 12.5. The van der Waals surface area contributed by atoms with Gasteiger partial charge >= 0.3 is 0 Å². The lowest BCUT2D eigenvalue weighted by atomic mass is 10.1. The van der Waals surface area contributed by atoms with Crippen LogP contribution >= 0.6 is 0 Å². The molecule has 6 nitrogen and oxygen atoms in total. The summed E-state index contributed by atoms with van der Waals surface area (Å²) in [5, 5.41) is 6.54. The van der Waals surface area contributed by atoms with Crippen molar-refractivity contribution in [2.75, 3.05) is 19.6 Å². The fourth-order valence-corrected chi connectivity index (χ4v) is 1.53. The van der Waals surface area contributed by atoms with Gasteiger partial charge < -0.3 is 10.6 Å². The summed E-state index contributed by atoms with van der Waals surface area (Å²) in [5.41, 5.74) is 5.08. The zero-order chi connectivity index (χ0) is 11.6. The molecule has 0 aromatic heterocycles. The number of nitrogens with one attached hydrogen (secondary N) is 4. The second-order valence-electron chi connectivity index (χ2n) is 3.53. The Morgan fingerprint density at radius 1 is 1.50 bits per heavy atom. The Morgan fingerprint density at radius 3 is 2.88 bits per heavy atom. The predicted molar refractivity (Wildman–Crippen MR) is 63.9 cm³/mol. The van der Waals surface area contributed by atoms with Gasteiger partial charge in [0.2, 0.25) is 12.4 Å². The molecule has 0 atom stereocenters. The molecule has 1 aliphatic heterocycles. The van der Waals surface area contributed by atoms with Crippen molar-refractivity contribution < 1.29 is 4.79 Å². The van der Waals surface area contributed by atoms with Gasteiger partial charge in [0.1, 0.15) is 0 Å². The zero-order valence-electron chi connectivity index (χ0n) is 9.33. The Morgan fingerprint density at radius 2 is 2.25 bits per heavy atom. The number of hydrogen-bond acceptors (Lipinski definition) is 3. The molecule has 0 saturated carbocycles. The van der Waals surface area contributed by atoms with E-state index in [2.05, 4.69) is 33.1 Å². The minimum atomic E-state index is 0.394. The topological polar surface area (TPSA) is 77.5 Å². The standard InChI is InChI=1S/C10H19N5O/c1-2-5-12-10(15-13-8-16)14-9-3-6-11-7-4-9/h2,8-9,11H,1,3-7H2,(H,13,16)(H2,12,14,15). The molecule has 1 amide bonds. The molecule has 0 spiro atoms. The van der Waals surface area contributed by atoms with Gasteiger partial charge in [-0.3, -0.25) is 15.6 Å². The van der Waals surface area contributed by atoms with Crippen molar-refractivity contribution in [2.45, 2.75) is 18.9 Å². The van der Waals surface area contributed by atoms with E-state index in [1.807, 2.05) is 0 Å². The highest BCUT2D eigenvalue weighted by Gasteiger charge is 2.13. The summed E-state index contributed by atoms with van der Waals surface area (Å²) in [6, 6.07) is 0.394. The van der Waals surface area contributed by atoms with Gasteiger partial charge in [-0.1, -0.05) is 6.08 Å². The molecule has 6 heteroatoms. The fraction of sp³-hybridized carbons (Fsp3) is 0.600. The average Bonchev–Trinajstić information content (AvgIpc) is 2.34. The number of rotatable bonds is 5. The maximum atomic E-state index is 10.2. The van der Waals surface area contributed by atoms with Crippen molar-refractivity contribution in [3.8, 4) is 0 Å². The maximum Gasteiger partial charge on any atom is 0.225 e. The second-order valence-corrected chi connectivity index (χ2v) is 3.53. The maximum absolute atomic E-state index is 10.2. The van der Waals surface area contributed by atoms with Crippen molar-refractivity contribution >= 4 is 12.4 Å². The van der Waals surface area contributed by atoms with Crippen LogP contribution in [-0.4, -0.2) is 38.0 Å². The fourth-order valence-electron chi connectivity index (χ4n) is 1.53. The molecular formula is C10H19N5O. The van der Waals surface area contributed by atoms with Gasteiger partial charge in [-0.05, 0) is 25.9 Å². The highest BCUT2D eigenvalue weighted by atomic mass is 16.1. The van der Waals surface area contributed by atoms with Crippen LogP contribution in [0, 0.1) is 0 Å². The van der Waals surface area contributed by atoms with Gasteiger partial charge in [0.25, 0.3) is 0 Å². The number of piperidine rings is 1. The SMILES string of the molecule is C=CCN=C(NNC=O)NC1CCNCC1. The Hall–Kier alpha value is -1.56. The number of hydrogen-bond donors (Lipinski definition) is 4. The Balaban J connectivity index is 2.40. The van der Waals surface area contributed by atoms with Crippen molar-refractivity contribution in [3.05, 3.63) is 12.7 Å². The van der Waals surface area contributed by atoms with E-state index in [4.69, 9.17) is 0 Å². The molecule has 0 unspecified atom stereocenters. The normalized spacial score (nSPS) is 17.6. The van der Waals surface area contributed by atoms with Gasteiger partial charge in [-0.2, -0.15) is 0 Å². The molecule has 0 aromatic rings. The summed E-state index contributed by atoms with van der Waals surface area (Å²) >= 11 is 0. The minimum absolute atomic E-state index is 0.394. The highest BCUT2D eigenvalue weighted by molar-refractivity contribution is 5.80. The Labute approximate surface area is 95.6 Å². The number of guanidine groups is 1. The molecule has 1 rings (SSSR count). The van der Waals surface area contributed by atoms with Crippen LogP contribution < -0.4 is 21.5 Å². The number of carbonyl (C=O) groups is 1. The first-order valence-electron chi connectivity index (χ1n) is 5.44. The molecule has 0 bridgehead atoms. The third-order valence-corrected chi connectivity index (χ3v) is 2.31. The summed E-state index contributed by atoms with van der Waals surface area (Å²) in [7, 11) is 0. The van der Waals surface area contributed by atoms with E-state index in [1.165, 1.54) is 0 Å². The molecule has 16 heavy (non-hydrogen) atoms. The van der Waals surface area contributed by atoms with E-state index in [0.29, 0.717) is 25.0 Å². The van der Waals surface area contributed by atoms with Crippen LogP contribution in [0.5, 0.6) is 0 Å². The summed E-state index contributed by atoms with van der Waals surface area (Å²) in [6.45, 7) is 6.13. The van der Waals surface area contributed by atoms with E-state index in [-0.39, 0.29) is 0 Å². The average molecular weight is 225 g/mol. The molecule has 1 fully saturated rings. The van der Waals surface area contributed by atoms with Crippen LogP contribution in [0.4, 0.5) is 0 Å². The van der Waals surface area contributed by atoms with Crippen LogP contribution in [0.25, 0.3) is 0 Å². The lowest BCUT2D eigenvalue weighted by Gasteiger charge is -2.25. The molecule has 0 radical (unpaired) electrons.